The van der Waals surface area contributed by atoms with Crippen molar-refractivity contribution in [1.82, 2.24) is 9.88 Å². The van der Waals surface area contributed by atoms with Crippen LogP contribution >= 0.6 is 0 Å². The fourth-order valence-electron chi connectivity index (χ4n) is 5.70. The predicted molar refractivity (Wildman–Crippen MR) is 152 cm³/mol. The number of pyridine rings is 1. The van der Waals surface area contributed by atoms with Crippen LogP contribution in [-0.4, -0.2) is 42.3 Å². The van der Waals surface area contributed by atoms with Gasteiger partial charge in [-0.25, -0.2) is 9.78 Å². The highest BCUT2D eigenvalue weighted by atomic mass is 16.5. The molecule has 6 nitrogen and oxygen atoms in total. The molecule has 0 atom stereocenters. The van der Waals surface area contributed by atoms with Gasteiger partial charge in [0.05, 0.1) is 31.2 Å². The van der Waals surface area contributed by atoms with Crippen LogP contribution in [0.4, 0.5) is 4.79 Å². The molecule has 0 bridgehead atoms. The van der Waals surface area contributed by atoms with Gasteiger partial charge >= 0.3 is 6.09 Å². The molecule has 2 heterocycles. The van der Waals surface area contributed by atoms with Crippen LogP contribution in [0.2, 0.25) is 0 Å². The van der Waals surface area contributed by atoms with E-state index >= 15 is 0 Å². The number of ether oxygens (including phenoxy) is 3. The first kappa shape index (κ1) is 26.9. The second-order valence-electron chi connectivity index (χ2n) is 10.4. The van der Waals surface area contributed by atoms with Gasteiger partial charge in [0.25, 0.3) is 0 Å². The Morgan fingerprint density at radius 3 is 2.36 bits per heavy atom. The van der Waals surface area contributed by atoms with E-state index in [1.54, 1.807) is 4.90 Å². The summed E-state index contributed by atoms with van der Waals surface area (Å²) in [4.78, 5) is 19.4. The van der Waals surface area contributed by atoms with E-state index in [-0.39, 0.29) is 12.2 Å². The zero-order chi connectivity index (χ0) is 27.0. The van der Waals surface area contributed by atoms with Crippen LogP contribution in [0.25, 0.3) is 5.57 Å². The molecule has 0 N–H and O–H groups in total. The van der Waals surface area contributed by atoms with Crippen LogP contribution in [-0.2, 0) is 16.1 Å². The minimum absolute atomic E-state index is 0.176. The van der Waals surface area contributed by atoms with Gasteiger partial charge < -0.3 is 14.2 Å². The van der Waals surface area contributed by atoms with Crippen LogP contribution < -0.4 is 4.74 Å². The van der Waals surface area contributed by atoms with Gasteiger partial charge in [-0.05, 0) is 68.1 Å². The quantitative estimate of drug-likeness (QED) is 0.309. The summed E-state index contributed by atoms with van der Waals surface area (Å²) in [6.45, 7) is 3.47. The maximum atomic E-state index is 12.8. The molecule has 1 amide bonds. The van der Waals surface area contributed by atoms with Crippen LogP contribution in [0, 0.1) is 6.92 Å². The van der Waals surface area contributed by atoms with Gasteiger partial charge in [0.2, 0.25) is 5.88 Å². The number of aromatic nitrogens is 1. The van der Waals surface area contributed by atoms with Crippen molar-refractivity contribution in [1.29, 1.82) is 0 Å². The van der Waals surface area contributed by atoms with Gasteiger partial charge in [-0.2, -0.15) is 0 Å². The molecule has 0 spiro atoms. The Bertz CT molecular complexity index is 1270. The van der Waals surface area contributed by atoms with Crippen molar-refractivity contribution in [3.8, 4) is 5.88 Å². The number of carbonyl (C=O) groups excluding carboxylic acids is 1. The number of hydrogen-bond acceptors (Lipinski definition) is 5. The molecule has 204 valence electrons. The van der Waals surface area contributed by atoms with Crippen molar-refractivity contribution in [3.05, 3.63) is 101 Å². The molecular formula is C33H38N2O4. The lowest BCUT2D eigenvalue weighted by Crippen LogP contribution is -2.37. The number of aryl methyl sites for hydroxylation is 1. The van der Waals surface area contributed by atoms with Crippen LogP contribution in [0.1, 0.15) is 66.8 Å². The average molecular weight is 527 g/mol. The largest absolute Gasteiger partial charge is 0.473 e. The Kier molecular flexibility index (Phi) is 8.94. The smallest absolute Gasteiger partial charge is 0.413 e. The number of methoxy groups -OCH3 is 1. The fraction of sp³-hybridized carbons (Fsp3) is 0.394. The number of amides is 1. The third-order valence-corrected chi connectivity index (χ3v) is 7.87. The number of allylic oxidation sites excluding steroid dienone is 1. The second kappa shape index (κ2) is 12.9. The molecule has 5 rings (SSSR count). The minimum atomic E-state index is -0.354. The third kappa shape index (κ3) is 6.69. The van der Waals surface area contributed by atoms with Gasteiger partial charge in [-0.3, -0.25) is 4.90 Å². The average Bonchev–Trinajstić information content (AvgIpc) is 3.00. The molecule has 0 radical (unpaired) electrons. The summed E-state index contributed by atoms with van der Waals surface area (Å²) in [5.74, 6) is 1.16. The summed E-state index contributed by atoms with van der Waals surface area (Å²) in [6, 6.07) is 24.8. The van der Waals surface area contributed by atoms with Crippen molar-refractivity contribution in [2.45, 2.75) is 64.1 Å². The second-order valence-corrected chi connectivity index (χ2v) is 10.4. The molecule has 2 aliphatic rings. The van der Waals surface area contributed by atoms with Crippen LogP contribution in [0.5, 0.6) is 5.88 Å². The van der Waals surface area contributed by atoms with Gasteiger partial charge in [-0.1, -0.05) is 66.7 Å². The maximum Gasteiger partial charge on any atom is 0.413 e. The van der Waals surface area contributed by atoms with Gasteiger partial charge in [0.15, 0.2) is 0 Å². The lowest BCUT2D eigenvalue weighted by Gasteiger charge is -2.34. The van der Waals surface area contributed by atoms with Crippen molar-refractivity contribution in [3.63, 3.8) is 0 Å². The molecule has 0 unspecified atom stereocenters. The Hall–Kier alpha value is -3.64. The van der Waals surface area contributed by atoms with Gasteiger partial charge in [-0.15, -0.1) is 0 Å². The summed E-state index contributed by atoms with van der Waals surface area (Å²) < 4.78 is 17.7. The lowest BCUT2D eigenvalue weighted by molar-refractivity contribution is 0.0276. The van der Waals surface area contributed by atoms with Crippen molar-refractivity contribution in [2.24, 2.45) is 0 Å². The Labute approximate surface area is 231 Å². The summed E-state index contributed by atoms with van der Waals surface area (Å²) >= 11 is 0. The summed E-state index contributed by atoms with van der Waals surface area (Å²) in [7, 11) is 1.43. The Morgan fingerprint density at radius 1 is 0.923 bits per heavy atom. The molecule has 0 saturated heterocycles. The van der Waals surface area contributed by atoms with E-state index in [2.05, 4.69) is 37.3 Å². The minimum Gasteiger partial charge on any atom is -0.473 e. The zero-order valence-electron chi connectivity index (χ0n) is 23.0. The number of hydrogen-bond donors (Lipinski definition) is 0. The normalized spacial score (nSPS) is 19.6. The van der Waals surface area contributed by atoms with E-state index in [0.717, 1.165) is 66.6 Å². The van der Waals surface area contributed by atoms with Gasteiger partial charge in [0.1, 0.15) is 6.61 Å². The van der Waals surface area contributed by atoms with E-state index in [9.17, 15) is 4.79 Å². The van der Waals surface area contributed by atoms with E-state index in [4.69, 9.17) is 19.2 Å². The molecule has 1 saturated carbocycles. The molecule has 2 aromatic carbocycles. The van der Waals surface area contributed by atoms with E-state index < -0.39 is 0 Å². The maximum absolute atomic E-state index is 12.8. The third-order valence-electron chi connectivity index (χ3n) is 7.87. The summed E-state index contributed by atoms with van der Waals surface area (Å²) in [5.41, 5.74) is 6.30. The van der Waals surface area contributed by atoms with E-state index in [0.29, 0.717) is 31.6 Å². The lowest BCUT2D eigenvalue weighted by atomic mass is 9.83. The highest BCUT2D eigenvalue weighted by molar-refractivity contribution is 5.77. The fourth-order valence-corrected chi connectivity index (χ4v) is 5.70. The monoisotopic (exact) mass is 526 g/mol. The van der Waals surface area contributed by atoms with Crippen molar-refractivity contribution >= 4 is 11.7 Å². The topological polar surface area (TPSA) is 60.9 Å². The molecule has 39 heavy (non-hydrogen) atoms. The summed E-state index contributed by atoms with van der Waals surface area (Å²) in [5, 5.41) is 0. The molecule has 3 aromatic rings. The Balaban J connectivity index is 1.33. The summed E-state index contributed by atoms with van der Waals surface area (Å²) in [6.07, 6.45) is 5.74. The SMILES string of the molecule is COC(=O)N1CCCC(c2nc(OCc3ccccc3)ccc2C)=C1CO[C@H]1CC[C@@H](c2ccccc2)CC1. The highest BCUT2D eigenvalue weighted by Crippen LogP contribution is 2.36. The standard InChI is InChI=1S/C33H38N2O4/c1-24-15-20-31(39-22-25-10-5-3-6-11-25)34-32(24)29-14-9-21-35(33(36)37-2)30(29)23-38-28-18-16-27(17-19-28)26-12-7-4-8-13-26/h3-8,10-13,15,20,27-28H,9,14,16-19,21-23H2,1-2H3/t27-,28+. The number of carbonyl (C=O) groups is 1. The highest BCUT2D eigenvalue weighted by Gasteiger charge is 2.30. The molecule has 1 aromatic heterocycles. The van der Waals surface area contributed by atoms with Crippen molar-refractivity contribution in [2.75, 3.05) is 20.3 Å². The molecular weight excluding hydrogens is 488 g/mol. The first-order valence-electron chi connectivity index (χ1n) is 14.0. The van der Waals surface area contributed by atoms with E-state index in [1.165, 1.54) is 12.7 Å². The Morgan fingerprint density at radius 2 is 1.64 bits per heavy atom. The predicted octanol–water partition coefficient (Wildman–Crippen LogP) is 7.29. The molecule has 1 aliphatic heterocycles. The zero-order valence-corrected chi connectivity index (χ0v) is 23.0. The molecule has 1 fully saturated rings. The van der Waals surface area contributed by atoms with Crippen LogP contribution in [0.15, 0.2) is 78.5 Å². The van der Waals surface area contributed by atoms with E-state index in [1.807, 2.05) is 42.5 Å². The molecule has 6 heteroatoms. The number of rotatable bonds is 8. The van der Waals surface area contributed by atoms with Gasteiger partial charge in [0, 0.05) is 18.2 Å². The first-order chi connectivity index (χ1) is 19.1. The molecule has 1 aliphatic carbocycles. The first-order valence-corrected chi connectivity index (χ1v) is 14.0. The van der Waals surface area contributed by atoms with Crippen LogP contribution in [0.3, 0.4) is 0 Å². The number of nitrogens with zero attached hydrogens (tertiary/aromatic N) is 2. The van der Waals surface area contributed by atoms with Crippen molar-refractivity contribution < 1.29 is 19.0 Å². The number of benzene rings is 2.